The molecule has 0 amide bonds. The molecule has 0 radical (unpaired) electrons. The Balaban J connectivity index is 1.97. The van der Waals surface area contributed by atoms with Crippen LogP contribution in [0.5, 0.6) is 0 Å². The summed E-state index contributed by atoms with van der Waals surface area (Å²) in [7, 11) is 0. The molecule has 0 aliphatic carbocycles. The lowest BCUT2D eigenvalue weighted by atomic mass is 10.2. The summed E-state index contributed by atoms with van der Waals surface area (Å²) >= 11 is 5.93. The summed E-state index contributed by atoms with van der Waals surface area (Å²) < 4.78 is 6.68. The van der Waals surface area contributed by atoms with E-state index < -0.39 is 0 Å². The Morgan fingerprint density at radius 2 is 2.25 bits per heavy atom. The number of ether oxygens (including phenoxy) is 1. The van der Waals surface area contributed by atoms with Crippen LogP contribution in [0.1, 0.15) is 20.3 Å². The minimum atomic E-state index is -0.236. The topological polar surface area (TPSA) is 57.0 Å². The van der Waals surface area contributed by atoms with Gasteiger partial charge in [0, 0.05) is 10.6 Å². The van der Waals surface area contributed by atoms with Gasteiger partial charge in [-0.1, -0.05) is 23.7 Å². The Labute approximate surface area is 122 Å². The Morgan fingerprint density at radius 1 is 1.45 bits per heavy atom. The number of nitrogens with zero attached hydrogens (tertiary/aromatic N) is 3. The molecule has 106 valence electrons. The Kier molecular flexibility index (Phi) is 4.74. The van der Waals surface area contributed by atoms with Crippen LogP contribution in [-0.4, -0.2) is 26.8 Å². The highest BCUT2D eigenvalue weighted by Crippen LogP contribution is 2.18. The van der Waals surface area contributed by atoms with E-state index in [-0.39, 0.29) is 18.5 Å². The lowest BCUT2D eigenvalue weighted by Crippen LogP contribution is -2.14. The molecule has 0 N–H and O–H groups in total. The SMILES string of the molecule is CC(C)OC(=O)CCn1cnc(-c2cccc(Cl)c2)n1. The van der Waals surface area contributed by atoms with Crippen LogP contribution in [0.2, 0.25) is 5.02 Å². The first-order valence-electron chi connectivity index (χ1n) is 6.39. The standard InChI is InChI=1S/C14H16ClN3O2/c1-10(2)20-13(19)6-7-18-9-16-14(17-18)11-4-3-5-12(15)8-11/h3-5,8-10H,6-7H2,1-2H3. The van der Waals surface area contributed by atoms with Crippen molar-refractivity contribution in [3.63, 3.8) is 0 Å². The first-order chi connectivity index (χ1) is 9.54. The van der Waals surface area contributed by atoms with Gasteiger partial charge in [-0.25, -0.2) is 4.98 Å². The van der Waals surface area contributed by atoms with Crippen molar-refractivity contribution in [2.75, 3.05) is 0 Å². The number of carbonyl (C=O) groups is 1. The van der Waals surface area contributed by atoms with Crippen molar-refractivity contribution in [3.05, 3.63) is 35.6 Å². The summed E-state index contributed by atoms with van der Waals surface area (Å²) in [5.74, 6) is 0.351. The van der Waals surface area contributed by atoms with Crippen LogP contribution in [0.25, 0.3) is 11.4 Å². The number of rotatable bonds is 5. The molecular weight excluding hydrogens is 278 g/mol. The first-order valence-corrected chi connectivity index (χ1v) is 6.77. The van der Waals surface area contributed by atoms with E-state index in [4.69, 9.17) is 16.3 Å². The third-order valence-electron chi connectivity index (χ3n) is 2.53. The third kappa shape index (κ3) is 4.06. The summed E-state index contributed by atoms with van der Waals surface area (Å²) in [5.41, 5.74) is 0.848. The van der Waals surface area contributed by atoms with Crippen LogP contribution in [-0.2, 0) is 16.1 Å². The van der Waals surface area contributed by atoms with Crippen molar-refractivity contribution in [2.24, 2.45) is 0 Å². The summed E-state index contributed by atoms with van der Waals surface area (Å²) in [6.45, 7) is 4.09. The number of hydrogen-bond acceptors (Lipinski definition) is 4. The van der Waals surface area contributed by atoms with Crippen LogP contribution >= 0.6 is 11.6 Å². The van der Waals surface area contributed by atoms with Gasteiger partial charge >= 0.3 is 5.97 Å². The van der Waals surface area contributed by atoms with E-state index in [1.165, 1.54) is 0 Å². The van der Waals surface area contributed by atoms with Crippen LogP contribution in [0.4, 0.5) is 0 Å². The molecule has 0 fully saturated rings. The summed E-state index contributed by atoms with van der Waals surface area (Å²) in [5, 5.41) is 4.95. The van der Waals surface area contributed by atoms with E-state index >= 15 is 0 Å². The second-order valence-electron chi connectivity index (χ2n) is 4.63. The van der Waals surface area contributed by atoms with Gasteiger partial charge in [-0.15, -0.1) is 0 Å². The van der Waals surface area contributed by atoms with Gasteiger partial charge in [0.1, 0.15) is 6.33 Å². The molecule has 20 heavy (non-hydrogen) atoms. The smallest absolute Gasteiger partial charge is 0.307 e. The maximum atomic E-state index is 11.4. The number of halogens is 1. The number of carbonyl (C=O) groups excluding carboxylic acids is 1. The number of aryl methyl sites for hydroxylation is 1. The molecule has 0 saturated carbocycles. The average molecular weight is 294 g/mol. The lowest BCUT2D eigenvalue weighted by Gasteiger charge is -2.07. The molecule has 0 aliphatic heterocycles. The minimum Gasteiger partial charge on any atom is -0.463 e. The summed E-state index contributed by atoms with van der Waals surface area (Å²) in [6.07, 6.45) is 1.77. The molecule has 1 aromatic heterocycles. The van der Waals surface area contributed by atoms with Crippen molar-refractivity contribution in [1.82, 2.24) is 14.8 Å². The van der Waals surface area contributed by atoms with E-state index in [9.17, 15) is 4.79 Å². The quantitative estimate of drug-likeness (QED) is 0.795. The highest BCUT2D eigenvalue weighted by molar-refractivity contribution is 6.30. The predicted molar refractivity (Wildman–Crippen MR) is 76.3 cm³/mol. The molecule has 1 heterocycles. The van der Waals surface area contributed by atoms with Crippen molar-refractivity contribution in [2.45, 2.75) is 32.9 Å². The monoisotopic (exact) mass is 293 g/mol. The van der Waals surface area contributed by atoms with E-state index in [1.807, 2.05) is 26.0 Å². The second kappa shape index (κ2) is 6.52. The first kappa shape index (κ1) is 14.5. The lowest BCUT2D eigenvalue weighted by molar-refractivity contribution is -0.147. The predicted octanol–water partition coefficient (Wildman–Crippen LogP) is 2.94. The van der Waals surface area contributed by atoms with E-state index in [2.05, 4.69) is 10.1 Å². The molecule has 0 saturated heterocycles. The maximum absolute atomic E-state index is 11.4. The van der Waals surface area contributed by atoms with Gasteiger partial charge in [-0.3, -0.25) is 9.48 Å². The third-order valence-corrected chi connectivity index (χ3v) is 2.77. The van der Waals surface area contributed by atoms with Crippen molar-refractivity contribution in [3.8, 4) is 11.4 Å². The summed E-state index contributed by atoms with van der Waals surface area (Å²) in [4.78, 5) is 15.7. The van der Waals surface area contributed by atoms with E-state index in [0.717, 1.165) is 5.56 Å². The molecule has 0 atom stereocenters. The number of aromatic nitrogens is 3. The van der Waals surface area contributed by atoms with Crippen molar-refractivity contribution < 1.29 is 9.53 Å². The van der Waals surface area contributed by atoms with Crippen LogP contribution < -0.4 is 0 Å². The number of hydrogen-bond donors (Lipinski definition) is 0. The Bertz CT molecular complexity index is 596. The van der Waals surface area contributed by atoms with E-state index in [1.54, 1.807) is 23.1 Å². The van der Waals surface area contributed by atoms with Gasteiger partial charge in [0.15, 0.2) is 5.82 Å². The second-order valence-corrected chi connectivity index (χ2v) is 5.07. The van der Waals surface area contributed by atoms with Gasteiger partial charge in [0.25, 0.3) is 0 Å². The van der Waals surface area contributed by atoms with E-state index in [0.29, 0.717) is 17.4 Å². The molecule has 1 aromatic carbocycles. The van der Waals surface area contributed by atoms with Gasteiger partial charge in [-0.2, -0.15) is 5.10 Å². The van der Waals surface area contributed by atoms with Gasteiger partial charge in [-0.05, 0) is 26.0 Å². The highest BCUT2D eigenvalue weighted by Gasteiger charge is 2.08. The number of benzene rings is 1. The highest BCUT2D eigenvalue weighted by atomic mass is 35.5. The summed E-state index contributed by atoms with van der Waals surface area (Å²) in [6, 6.07) is 7.33. The fourth-order valence-electron chi connectivity index (χ4n) is 1.69. The Hall–Kier alpha value is -1.88. The molecule has 0 aliphatic rings. The fraction of sp³-hybridized carbons (Fsp3) is 0.357. The zero-order valence-corrected chi connectivity index (χ0v) is 12.2. The molecule has 6 heteroatoms. The number of esters is 1. The van der Waals surface area contributed by atoms with Crippen LogP contribution in [0, 0.1) is 0 Å². The molecule has 2 aromatic rings. The maximum Gasteiger partial charge on any atom is 0.307 e. The minimum absolute atomic E-state index is 0.0970. The largest absolute Gasteiger partial charge is 0.463 e. The molecular formula is C14H16ClN3O2. The molecule has 0 spiro atoms. The molecule has 0 bridgehead atoms. The zero-order chi connectivity index (χ0) is 14.5. The normalized spacial score (nSPS) is 10.8. The zero-order valence-electron chi connectivity index (χ0n) is 11.4. The fourth-order valence-corrected chi connectivity index (χ4v) is 1.88. The Morgan fingerprint density at radius 3 is 2.95 bits per heavy atom. The molecule has 2 rings (SSSR count). The average Bonchev–Trinajstić information content (AvgIpc) is 2.84. The van der Waals surface area contributed by atoms with Gasteiger partial charge in [0.2, 0.25) is 0 Å². The van der Waals surface area contributed by atoms with Crippen molar-refractivity contribution >= 4 is 17.6 Å². The van der Waals surface area contributed by atoms with Crippen LogP contribution in [0.3, 0.4) is 0 Å². The van der Waals surface area contributed by atoms with Crippen LogP contribution in [0.15, 0.2) is 30.6 Å². The van der Waals surface area contributed by atoms with Gasteiger partial charge < -0.3 is 4.74 Å². The van der Waals surface area contributed by atoms with Gasteiger partial charge in [0.05, 0.1) is 19.1 Å². The van der Waals surface area contributed by atoms with Crippen molar-refractivity contribution in [1.29, 1.82) is 0 Å². The molecule has 5 nitrogen and oxygen atoms in total. The molecule has 0 unspecified atom stereocenters.